The van der Waals surface area contributed by atoms with Crippen molar-refractivity contribution in [3.63, 3.8) is 0 Å². The fourth-order valence-electron chi connectivity index (χ4n) is 2.46. The number of methoxy groups -OCH3 is 2. The first-order valence-electron chi connectivity index (χ1n) is 7.28. The molecule has 6 heteroatoms. The van der Waals surface area contributed by atoms with E-state index in [-0.39, 0.29) is 0 Å². The molecule has 0 saturated carbocycles. The van der Waals surface area contributed by atoms with Crippen molar-refractivity contribution in [1.29, 1.82) is 0 Å². The van der Waals surface area contributed by atoms with Crippen LogP contribution >= 0.6 is 0 Å². The number of ether oxygens (including phenoxy) is 2. The molecular formula is C17H22FN2O3+. The van der Waals surface area contributed by atoms with Gasteiger partial charge in [-0.15, -0.1) is 0 Å². The number of pyridine rings is 1. The third kappa shape index (κ3) is 4.04. The number of aromatic nitrogens is 1. The summed E-state index contributed by atoms with van der Waals surface area (Å²) in [6, 6.07) is 10.5. The Balaban J connectivity index is 2.24. The topological polar surface area (TPSA) is 68.6 Å². The highest BCUT2D eigenvalue weighted by Gasteiger charge is 2.19. The summed E-state index contributed by atoms with van der Waals surface area (Å²) in [5, 5.41) is 9.93. The lowest BCUT2D eigenvalue weighted by Gasteiger charge is -2.20. The van der Waals surface area contributed by atoms with E-state index in [1.807, 2.05) is 30.3 Å². The molecule has 0 aliphatic carbocycles. The molecule has 0 amide bonds. The third-order valence-corrected chi connectivity index (χ3v) is 3.70. The van der Waals surface area contributed by atoms with Crippen molar-refractivity contribution in [2.24, 2.45) is 5.73 Å². The van der Waals surface area contributed by atoms with Crippen molar-refractivity contribution in [2.45, 2.75) is 18.8 Å². The van der Waals surface area contributed by atoms with Crippen molar-refractivity contribution in [3.8, 4) is 11.1 Å². The molecule has 0 bridgehead atoms. The van der Waals surface area contributed by atoms with Gasteiger partial charge in [0.1, 0.15) is 13.3 Å². The summed E-state index contributed by atoms with van der Waals surface area (Å²) in [7, 11) is 3.08. The SMILES string of the molecule is COCc1ccc(-c2ccc([C@@H](OC)[C@H](N)CF)cc2)c[n+]1O. The minimum absolute atomic E-state index is 0.326. The van der Waals surface area contributed by atoms with Crippen LogP contribution in [-0.4, -0.2) is 32.1 Å². The van der Waals surface area contributed by atoms with E-state index in [1.165, 1.54) is 7.11 Å². The Bertz CT molecular complexity index is 634. The van der Waals surface area contributed by atoms with Gasteiger partial charge in [-0.05, 0) is 17.2 Å². The van der Waals surface area contributed by atoms with Crippen molar-refractivity contribution in [2.75, 3.05) is 20.9 Å². The molecule has 1 aromatic heterocycles. The first-order valence-corrected chi connectivity index (χ1v) is 7.28. The highest BCUT2D eigenvalue weighted by atomic mass is 19.1. The standard InChI is InChI=1S/C17H22FN2O3/c1-22-11-15-8-7-14(10-20(15)21)12-3-5-13(6-4-12)17(23-2)16(19)9-18/h3-8,10,16-17,21H,9,11,19H2,1-2H3/q+1/t16-,17-/m1/s1. The summed E-state index contributed by atoms with van der Waals surface area (Å²) in [5.41, 5.74) is 8.96. The molecular weight excluding hydrogens is 299 g/mol. The number of alkyl halides is 1. The van der Waals surface area contributed by atoms with Gasteiger partial charge in [-0.1, -0.05) is 24.3 Å². The van der Waals surface area contributed by atoms with E-state index >= 15 is 0 Å². The molecule has 2 aromatic rings. The van der Waals surface area contributed by atoms with Gasteiger partial charge in [-0.2, -0.15) is 0 Å². The quantitative estimate of drug-likeness (QED) is 0.605. The maximum atomic E-state index is 12.8. The summed E-state index contributed by atoms with van der Waals surface area (Å²) in [5.74, 6) is 0. The Kier molecular flexibility index (Phi) is 6.04. The average molecular weight is 321 g/mol. The molecule has 0 aliphatic rings. The molecule has 23 heavy (non-hydrogen) atoms. The molecule has 0 saturated heterocycles. The second-order valence-electron chi connectivity index (χ2n) is 5.28. The largest absolute Gasteiger partial charge is 0.375 e. The van der Waals surface area contributed by atoms with Crippen LogP contribution in [0.15, 0.2) is 42.6 Å². The molecule has 124 valence electrons. The number of nitrogens with zero attached hydrogens (tertiary/aromatic N) is 1. The molecule has 5 nitrogen and oxygen atoms in total. The van der Waals surface area contributed by atoms with Gasteiger partial charge in [0.25, 0.3) is 5.69 Å². The smallest absolute Gasteiger partial charge is 0.259 e. The molecule has 2 atom stereocenters. The van der Waals surface area contributed by atoms with Crippen LogP contribution in [0.4, 0.5) is 4.39 Å². The summed E-state index contributed by atoms with van der Waals surface area (Å²) < 4.78 is 24.1. The van der Waals surface area contributed by atoms with Crippen molar-refractivity contribution in [3.05, 3.63) is 53.9 Å². The van der Waals surface area contributed by atoms with Crippen LogP contribution in [-0.2, 0) is 16.1 Å². The van der Waals surface area contributed by atoms with Gasteiger partial charge in [0, 0.05) is 25.0 Å². The number of nitrogens with two attached hydrogens (primary N) is 1. The predicted molar refractivity (Wildman–Crippen MR) is 83.7 cm³/mol. The molecule has 0 unspecified atom stereocenters. The van der Waals surface area contributed by atoms with E-state index < -0.39 is 18.8 Å². The monoisotopic (exact) mass is 321 g/mol. The van der Waals surface area contributed by atoms with Crippen LogP contribution in [0.3, 0.4) is 0 Å². The van der Waals surface area contributed by atoms with Gasteiger partial charge in [0.2, 0.25) is 6.20 Å². The Hall–Kier alpha value is -2.02. The normalized spacial score (nSPS) is 13.7. The maximum Gasteiger partial charge on any atom is 0.259 e. The second-order valence-corrected chi connectivity index (χ2v) is 5.28. The Morgan fingerprint density at radius 3 is 2.30 bits per heavy atom. The number of rotatable bonds is 7. The summed E-state index contributed by atoms with van der Waals surface area (Å²) >= 11 is 0. The van der Waals surface area contributed by atoms with E-state index in [4.69, 9.17) is 15.2 Å². The van der Waals surface area contributed by atoms with E-state index in [0.29, 0.717) is 12.3 Å². The lowest BCUT2D eigenvalue weighted by molar-refractivity contribution is -0.910. The van der Waals surface area contributed by atoms with Gasteiger partial charge in [-0.25, -0.2) is 4.39 Å². The highest BCUT2D eigenvalue weighted by Crippen LogP contribution is 2.24. The number of hydrogen-bond donors (Lipinski definition) is 2. The van der Waals surface area contributed by atoms with Gasteiger partial charge in [0.15, 0.2) is 0 Å². The predicted octanol–water partition coefficient (Wildman–Crippen LogP) is 2.01. The molecule has 0 radical (unpaired) electrons. The number of benzene rings is 1. The zero-order valence-corrected chi connectivity index (χ0v) is 13.3. The van der Waals surface area contributed by atoms with E-state index in [2.05, 4.69) is 0 Å². The fraction of sp³-hybridized carbons (Fsp3) is 0.353. The molecule has 0 aliphatic heterocycles. The number of halogens is 1. The fourth-order valence-corrected chi connectivity index (χ4v) is 2.46. The summed E-state index contributed by atoms with van der Waals surface area (Å²) in [6.07, 6.45) is 1.13. The minimum Gasteiger partial charge on any atom is -0.375 e. The number of hydrogen-bond acceptors (Lipinski definition) is 4. The van der Waals surface area contributed by atoms with E-state index in [0.717, 1.165) is 21.4 Å². The molecule has 3 N–H and O–H groups in total. The van der Waals surface area contributed by atoms with Crippen LogP contribution < -0.4 is 10.5 Å². The Morgan fingerprint density at radius 2 is 1.78 bits per heavy atom. The van der Waals surface area contributed by atoms with Crippen molar-refractivity contribution < 1.29 is 23.8 Å². The first-order chi connectivity index (χ1) is 11.1. The minimum atomic E-state index is -0.696. The maximum absolute atomic E-state index is 12.8. The molecule has 2 rings (SSSR count). The lowest BCUT2D eigenvalue weighted by Crippen LogP contribution is -2.35. The lowest BCUT2D eigenvalue weighted by atomic mass is 9.99. The zero-order chi connectivity index (χ0) is 16.8. The Labute approximate surface area is 135 Å². The van der Waals surface area contributed by atoms with Crippen LogP contribution in [0.1, 0.15) is 17.4 Å². The molecule has 0 fully saturated rings. The van der Waals surface area contributed by atoms with Crippen molar-refractivity contribution >= 4 is 0 Å². The van der Waals surface area contributed by atoms with E-state index in [9.17, 15) is 9.60 Å². The first kappa shape index (κ1) is 17.3. The van der Waals surface area contributed by atoms with Crippen LogP contribution in [0.25, 0.3) is 11.1 Å². The molecule has 1 aromatic carbocycles. The average Bonchev–Trinajstić information content (AvgIpc) is 2.58. The van der Waals surface area contributed by atoms with Crippen LogP contribution in [0.5, 0.6) is 0 Å². The molecule has 1 heterocycles. The van der Waals surface area contributed by atoms with Gasteiger partial charge >= 0.3 is 0 Å². The summed E-state index contributed by atoms with van der Waals surface area (Å²) in [6.45, 7) is -0.321. The van der Waals surface area contributed by atoms with Gasteiger partial charge in [0.05, 0.1) is 17.7 Å². The van der Waals surface area contributed by atoms with Gasteiger partial charge < -0.3 is 15.2 Å². The highest BCUT2D eigenvalue weighted by molar-refractivity contribution is 5.62. The van der Waals surface area contributed by atoms with E-state index in [1.54, 1.807) is 19.4 Å². The van der Waals surface area contributed by atoms with Crippen molar-refractivity contribution in [1.82, 2.24) is 0 Å². The van der Waals surface area contributed by atoms with Gasteiger partial charge in [-0.3, -0.25) is 5.21 Å². The van der Waals surface area contributed by atoms with Crippen LogP contribution in [0.2, 0.25) is 0 Å². The van der Waals surface area contributed by atoms with Crippen LogP contribution in [0, 0.1) is 0 Å². The summed E-state index contributed by atoms with van der Waals surface area (Å²) in [4.78, 5) is 0. The Morgan fingerprint density at radius 1 is 1.13 bits per heavy atom. The molecule has 0 spiro atoms. The third-order valence-electron chi connectivity index (χ3n) is 3.70. The second kappa shape index (κ2) is 8.01. The zero-order valence-electron chi connectivity index (χ0n) is 13.3.